The fourth-order valence-electron chi connectivity index (χ4n) is 2.88. The summed E-state index contributed by atoms with van der Waals surface area (Å²) in [5.74, 6) is 0.880. The van der Waals surface area contributed by atoms with Crippen molar-refractivity contribution in [1.29, 1.82) is 10.7 Å². The van der Waals surface area contributed by atoms with Crippen molar-refractivity contribution in [1.82, 2.24) is 0 Å². The molecule has 0 saturated carbocycles. The zero-order valence-electron chi connectivity index (χ0n) is 19.4. The molecule has 170 valence electrons. The molecule has 0 fully saturated rings. The van der Waals surface area contributed by atoms with E-state index in [0.29, 0.717) is 28.3 Å². The third-order valence-electron chi connectivity index (χ3n) is 4.57. The minimum Gasteiger partial charge on any atom is -0.494 e. The van der Waals surface area contributed by atoms with Gasteiger partial charge in [0.25, 0.3) is 5.91 Å². The van der Waals surface area contributed by atoms with Gasteiger partial charge in [0.1, 0.15) is 28.9 Å². The number of ether oxygens (including phenoxy) is 2. The normalized spacial score (nSPS) is 10.5. The van der Waals surface area contributed by atoms with Crippen LogP contribution in [0.1, 0.15) is 5.56 Å². The molecule has 0 aliphatic heterocycles. The Labute approximate surface area is 246 Å². The molecule has 8 nitrogen and oxygen atoms in total. The third-order valence-corrected chi connectivity index (χ3v) is 4.57. The number of anilines is 1. The number of nitrogens with zero attached hydrogens (tertiary/aromatic N) is 2. The molecule has 3 aromatic rings. The Hall–Kier alpha value is -3.39. The monoisotopic (exact) mass is 491 g/mol. The van der Waals surface area contributed by atoms with Crippen molar-refractivity contribution in [2.75, 3.05) is 12.4 Å². The van der Waals surface area contributed by atoms with E-state index in [0.717, 1.165) is 0 Å². The zero-order chi connectivity index (χ0) is 24.5. The predicted molar refractivity (Wildman–Crippen MR) is 132 cm³/mol. The Balaban J connectivity index is 0.00000432. The van der Waals surface area contributed by atoms with Crippen LogP contribution in [0.4, 0.5) is 5.69 Å². The summed E-state index contributed by atoms with van der Waals surface area (Å²) >= 11 is 0. The average molecular weight is 492 g/mol. The maximum Gasteiger partial charge on any atom is 1.00 e. The van der Waals surface area contributed by atoms with Gasteiger partial charge in [0.05, 0.1) is 0 Å². The summed E-state index contributed by atoms with van der Waals surface area (Å²) in [5.41, 5.74) is 7.14. The standard InChI is InChI=1S/C26H23N5O3.K/c1-17(16-27)26(32)31-19-7-6-10-22(15-19)34-25(29)23(24(28)30-2)18-11-13-21(14-12-18)33-20-8-4-3-5-9-20;/h3-15H,1H2,2H3,(H5,28,29,30,31,32);/q;+1/p-1. The third kappa shape index (κ3) is 7.82. The number of para-hydroxylation sites is 1. The topological polar surface area (TPSA) is 135 Å². The van der Waals surface area contributed by atoms with E-state index in [-0.39, 0.29) is 74.4 Å². The molecule has 0 aliphatic carbocycles. The first kappa shape index (κ1) is 27.8. The smallest absolute Gasteiger partial charge is 0.494 e. The maximum absolute atomic E-state index is 11.9. The van der Waals surface area contributed by atoms with E-state index in [9.17, 15) is 4.79 Å². The fourth-order valence-corrected chi connectivity index (χ4v) is 2.88. The van der Waals surface area contributed by atoms with Crippen molar-refractivity contribution in [3.63, 3.8) is 0 Å². The number of amides is 1. The summed E-state index contributed by atoms with van der Waals surface area (Å²) in [6, 6.07) is 24.5. The molecular formula is C26H22KN5O3. The number of carbonyl (C=O) groups excluding carboxylic acids is 1. The van der Waals surface area contributed by atoms with E-state index in [1.165, 1.54) is 13.1 Å². The largest absolute Gasteiger partial charge is 1.00 e. The van der Waals surface area contributed by atoms with Crippen LogP contribution in [-0.4, -0.2) is 18.9 Å². The Bertz CT molecular complexity index is 1280. The molecule has 0 aliphatic rings. The quantitative estimate of drug-likeness (QED) is 0.146. The number of rotatable bonds is 8. The van der Waals surface area contributed by atoms with Gasteiger partial charge in [-0.1, -0.05) is 55.8 Å². The summed E-state index contributed by atoms with van der Waals surface area (Å²) in [6.07, 6.45) is 0. The van der Waals surface area contributed by atoms with Gasteiger partial charge in [-0.15, -0.1) is 0 Å². The van der Waals surface area contributed by atoms with Crippen LogP contribution in [-0.2, 0) is 4.79 Å². The van der Waals surface area contributed by atoms with Crippen molar-refractivity contribution in [2.45, 2.75) is 0 Å². The van der Waals surface area contributed by atoms with E-state index in [1.54, 1.807) is 48.5 Å². The van der Waals surface area contributed by atoms with Crippen LogP contribution < -0.4 is 71.9 Å². The van der Waals surface area contributed by atoms with Crippen LogP contribution in [0, 0.1) is 16.7 Å². The maximum atomic E-state index is 11.9. The Morgan fingerprint density at radius 3 is 2.29 bits per heavy atom. The molecule has 3 rings (SSSR count). The van der Waals surface area contributed by atoms with E-state index < -0.39 is 5.91 Å². The second-order valence-corrected chi connectivity index (χ2v) is 6.93. The van der Waals surface area contributed by atoms with Gasteiger partial charge in [-0.3, -0.25) is 10.2 Å². The molecule has 0 aromatic heterocycles. The van der Waals surface area contributed by atoms with Gasteiger partial charge in [0, 0.05) is 17.3 Å². The molecule has 0 radical (unpaired) electrons. The van der Waals surface area contributed by atoms with Gasteiger partial charge in [0.15, 0.2) is 0 Å². The Kier molecular flexibility index (Phi) is 10.7. The first-order valence-corrected chi connectivity index (χ1v) is 10.1. The first-order valence-electron chi connectivity index (χ1n) is 10.1. The summed E-state index contributed by atoms with van der Waals surface area (Å²) in [5, 5.41) is 23.9. The molecule has 0 saturated heterocycles. The predicted octanol–water partition coefficient (Wildman–Crippen LogP) is 2.19. The summed E-state index contributed by atoms with van der Waals surface area (Å²) in [6.45, 7) is 3.38. The molecule has 9 heteroatoms. The number of hydrogen-bond donors (Lipinski definition) is 3. The molecule has 35 heavy (non-hydrogen) atoms. The molecule has 1 amide bonds. The van der Waals surface area contributed by atoms with Crippen LogP contribution >= 0.6 is 0 Å². The van der Waals surface area contributed by atoms with Gasteiger partial charge in [-0.2, -0.15) is 5.26 Å². The first-order chi connectivity index (χ1) is 16.4. The van der Waals surface area contributed by atoms with E-state index in [1.807, 2.05) is 30.3 Å². The van der Waals surface area contributed by atoms with Gasteiger partial charge in [-0.05, 0) is 42.0 Å². The van der Waals surface area contributed by atoms with Gasteiger partial charge in [-0.25, -0.2) is 0 Å². The van der Waals surface area contributed by atoms with Crippen molar-refractivity contribution < 1.29 is 65.7 Å². The minimum atomic E-state index is -0.623. The van der Waals surface area contributed by atoms with Crippen LogP contribution in [0.2, 0.25) is 0 Å². The summed E-state index contributed by atoms with van der Waals surface area (Å²) in [4.78, 5) is 11.9. The van der Waals surface area contributed by atoms with Crippen LogP contribution in [0.15, 0.2) is 96.8 Å². The number of nitrogens with one attached hydrogen (secondary N) is 2. The molecule has 0 heterocycles. The van der Waals surface area contributed by atoms with E-state index in [4.69, 9.17) is 25.9 Å². The van der Waals surface area contributed by atoms with Crippen molar-refractivity contribution in [3.8, 4) is 23.3 Å². The molecule has 0 spiro atoms. The second kappa shape index (κ2) is 13.5. The van der Waals surface area contributed by atoms with Crippen LogP contribution in [0.3, 0.4) is 0 Å². The zero-order valence-corrected chi connectivity index (χ0v) is 22.5. The SMILES string of the molecule is C=C(C#N)C(=O)Nc1cccc(OC(=N)/C(=C(/N)[N-]C)c2ccc(Oc3ccccc3)cc2)c1.[K+]. The molecule has 4 N–H and O–H groups in total. The second-order valence-electron chi connectivity index (χ2n) is 6.93. The van der Waals surface area contributed by atoms with Crippen molar-refractivity contribution in [3.05, 3.63) is 108 Å². The Morgan fingerprint density at radius 2 is 1.66 bits per heavy atom. The van der Waals surface area contributed by atoms with Crippen LogP contribution in [0.5, 0.6) is 17.2 Å². The summed E-state index contributed by atoms with van der Waals surface area (Å²) in [7, 11) is 1.52. The van der Waals surface area contributed by atoms with E-state index >= 15 is 0 Å². The number of carbonyl (C=O) groups is 1. The number of nitriles is 1. The average Bonchev–Trinajstić information content (AvgIpc) is 2.85. The van der Waals surface area contributed by atoms with Gasteiger partial charge in [0.2, 0.25) is 5.90 Å². The fraction of sp³-hybridized carbons (Fsp3) is 0.0385. The molecule has 0 unspecified atom stereocenters. The van der Waals surface area contributed by atoms with Crippen molar-refractivity contribution >= 4 is 23.1 Å². The van der Waals surface area contributed by atoms with Crippen LogP contribution in [0.25, 0.3) is 10.9 Å². The minimum absolute atomic E-state index is 0. The van der Waals surface area contributed by atoms with Gasteiger partial charge >= 0.3 is 51.4 Å². The molecule has 0 atom stereocenters. The van der Waals surface area contributed by atoms with Gasteiger partial charge < -0.3 is 25.8 Å². The number of hydrogen-bond acceptors (Lipinski definition) is 6. The van der Waals surface area contributed by atoms with Crippen molar-refractivity contribution in [2.24, 2.45) is 5.73 Å². The van der Waals surface area contributed by atoms with E-state index in [2.05, 4.69) is 17.2 Å². The number of nitrogens with two attached hydrogens (primary N) is 1. The molecular weight excluding hydrogens is 469 g/mol. The Morgan fingerprint density at radius 1 is 1.03 bits per heavy atom. The molecule has 3 aromatic carbocycles. The summed E-state index contributed by atoms with van der Waals surface area (Å²) < 4.78 is 11.5. The number of benzene rings is 3. The molecule has 0 bridgehead atoms.